The molecule has 0 aliphatic heterocycles. The van der Waals surface area contributed by atoms with Crippen LogP contribution in [-0.2, 0) is 5.60 Å². The quantitative estimate of drug-likeness (QED) is 0.816. The van der Waals surface area contributed by atoms with Gasteiger partial charge in [-0.05, 0) is 36.5 Å². The Hall–Kier alpha value is -0.540. The van der Waals surface area contributed by atoms with Gasteiger partial charge in [0, 0.05) is 5.33 Å². The average Bonchev–Trinajstić information content (AvgIpc) is 3.00. The summed E-state index contributed by atoms with van der Waals surface area (Å²) in [5, 5.41) is 20.3. The molecule has 0 radical (unpaired) electrons. The van der Waals surface area contributed by atoms with Gasteiger partial charge in [0.25, 0.3) is 0 Å². The van der Waals surface area contributed by atoms with E-state index in [2.05, 4.69) is 15.9 Å². The van der Waals surface area contributed by atoms with Crippen molar-refractivity contribution in [3.63, 3.8) is 0 Å². The number of phenols is 1. The highest BCUT2D eigenvalue weighted by Crippen LogP contribution is 2.47. The lowest BCUT2D eigenvalue weighted by Crippen LogP contribution is -2.30. The van der Waals surface area contributed by atoms with E-state index in [0.29, 0.717) is 11.2 Å². The van der Waals surface area contributed by atoms with Gasteiger partial charge in [-0.25, -0.2) is 0 Å². The number of phenolic OH excluding ortho intramolecular Hbond substituents is 1. The van der Waals surface area contributed by atoms with Gasteiger partial charge in [-0.2, -0.15) is 0 Å². The average molecular weight is 257 g/mol. The van der Waals surface area contributed by atoms with Crippen molar-refractivity contribution in [2.75, 3.05) is 5.33 Å². The molecule has 76 valence electrons. The van der Waals surface area contributed by atoms with Crippen LogP contribution in [0, 0.1) is 5.92 Å². The Morgan fingerprint density at radius 2 is 2.14 bits per heavy atom. The number of hydrogen-bond acceptors (Lipinski definition) is 2. The third kappa shape index (κ3) is 1.66. The van der Waals surface area contributed by atoms with Crippen LogP contribution in [-0.4, -0.2) is 15.5 Å². The van der Waals surface area contributed by atoms with Gasteiger partial charge in [-0.1, -0.05) is 28.1 Å². The summed E-state index contributed by atoms with van der Waals surface area (Å²) < 4.78 is 0. The molecule has 1 aliphatic rings. The fourth-order valence-electron chi connectivity index (χ4n) is 1.76. The smallest absolute Gasteiger partial charge is 0.115 e. The lowest BCUT2D eigenvalue weighted by atomic mass is 9.91. The van der Waals surface area contributed by atoms with Gasteiger partial charge in [-0.3, -0.25) is 0 Å². The molecule has 0 bridgehead atoms. The van der Waals surface area contributed by atoms with E-state index in [1.165, 1.54) is 0 Å². The van der Waals surface area contributed by atoms with Crippen LogP contribution in [0.5, 0.6) is 5.75 Å². The first-order chi connectivity index (χ1) is 6.66. The van der Waals surface area contributed by atoms with Gasteiger partial charge in [-0.15, -0.1) is 0 Å². The summed E-state index contributed by atoms with van der Waals surface area (Å²) in [7, 11) is 0. The zero-order valence-corrected chi connectivity index (χ0v) is 9.37. The summed E-state index contributed by atoms with van der Waals surface area (Å²) in [4.78, 5) is 0. The Kier molecular flexibility index (Phi) is 2.54. The van der Waals surface area contributed by atoms with Crippen molar-refractivity contribution in [3.05, 3.63) is 29.8 Å². The standard InChI is InChI=1S/C11H13BrO2/c12-7-11(14,8-4-5-8)9-2-1-3-10(13)6-9/h1-3,6,8,13-14H,4-5,7H2. The third-order valence-electron chi connectivity index (χ3n) is 2.80. The van der Waals surface area contributed by atoms with Crippen molar-refractivity contribution in [2.45, 2.75) is 18.4 Å². The van der Waals surface area contributed by atoms with Crippen LogP contribution in [0.15, 0.2) is 24.3 Å². The summed E-state index contributed by atoms with van der Waals surface area (Å²) in [6, 6.07) is 6.88. The predicted molar refractivity (Wildman–Crippen MR) is 58.5 cm³/mol. The summed E-state index contributed by atoms with van der Waals surface area (Å²) in [6.45, 7) is 0. The topological polar surface area (TPSA) is 40.5 Å². The number of halogens is 1. The number of alkyl halides is 1. The molecule has 2 N–H and O–H groups in total. The molecule has 0 heterocycles. The van der Waals surface area contributed by atoms with Crippen LogP contribution in [0.2, 0.25) is 0 Å². The molecule has 14 heavy (non-hydrogen) atoms. The highest BCUT2D eigenvalue weighted by atomic mass is 79.9. The highest BCUT2D eigenvalue weighted by molar-refractivity contribution is 9.09. The van der Waals surface area contributed by atoms with Crippen molar-refractivity contribution in [2.24, 2.45) is 5.92 Å². The lowest BCUT2D eigenvalue weighted by Gasteiger charge is -2.26. The Labute approximate surface area is 91.7 Å². The van der Waals surface area contributed by atoms with E-state index in [4.69, 9.17) is 0 Å². The number of benzene rings is 1. The molecule has 1 aliphatic carbocycles. The minimum atomic E-state index is -0.807. The first-order valence-corrected chi connectivity index (χ1v) is 5.87. The zero-order chi connectivity index (χ0) is 10.2. The van der Waals surface area contributed by atoms with Gasteiger partial charge >= 0.3 is 0 Å². The molecule has 1 unspecified atom stereocenters. The van der Waals surface area contributed by atoms with Gasteiger partial charge < -0.3 is 10.2 Å². The lowest BCUT2D eigenvalue weighted by molar-refractivity contribution is 0.0394. The fraction of sp³-hybridized carbons (Fsp3) is 0.455. The third-order valence-corrected chi connectivity index (χ3v) is 3.66. The van der Waals surface area contributed by atoms with E-state index in [9.17, 15) is 10.2 Å². The summed E-state index contributed by atoms with van der Waals surface area (Å²) in [6.07, 6.45) is 2.13. The van der Waals surface area contributed by atoms with E-state index < -0.39 is 5.60 Å². The normalized spacial score (nSPS) is 20.4. The number of aromatic hydroxyl groups is 1. The van der Waals surface area contributed by atoms with E-state index >= 15 is 0 Å². The molecular weight excluding hydrogens is 244 g/mol. The van der Waals surface area contributed by atoms with Crippen molar-refractivity contribution >= 4 is 15.9 Å². The van der Waals surface area contributed by atoms with Gasteiger partial charge in [0.2, 0.25) is 0 Å². The predicted octanol–water partition coefficient (Wildman–Crippen LogP) is 2.38. The van der Waals surface area contributed by atoms with Crippen LogP contribution >= 0.6 is 15.9 Å². The van der Waals surface area contributed by atoms with Crippen LogP contribution in [0.3, 0.4) is 0 Å². The van der Waals surface area contributed by atoms with Crippen LogP contribution < -0.4 is 0 Å². The highest BCUT2D eigenvalue weighted by Gasteiger charge is 2.44. The van der Waals surface area contributed by atoms with Crippen LogP contribution in [0.4, 0.5) is 0 Å². The molecular formula is C11H13BrO2. The maximum Gasteiger partial charge on any atom is 0.115 e. The van der Waals surface area contributed by atoms with Crippen molar-refractivity contribution < 1.29 is 10.2 Å². The van der Waals surface area contributed by atoms with E-state index in [1.807, 2.05) is 6.07 Å². The number of hydrogen-bond donors (Lipinski definition) is 2. The second-order valence-electron chi connectivity index (χ2n) is 3.88. The maximum absolute atomic E-state index is 10.4. The molecule has 0 aromatic heterocycles. The first kappa shape index (κ1) is 9.99. The van der Waals surface area contributed by atoms with Gasteiger partial charge in [0.15, 0.2) is 0 Å². The summed E-state index contributed by atoms with van der Waals surface area (Å²) in [5.74, 6) is 0.547. The monoisotopic (exact) mass is 256 g/mol. The second-order valence-corrected chi connectivity index (χ2v) is 4.44. The molecule has 1 aromatic carbocycles. The van der Waals surface area contributed by atoms with E-state index in [-0.39, 0.29) is 5.75 Å². The molecule has 3 heteroatoms. The largest absolute Gasteiger partial charge is 0.508 e. The molecule has 1 fully saturated rings. The minimum absolute atomic E-state index is 0.211. The molecule has 0 saturated heterocycles. The van der Waals surface area contributed by atoms with Crippen molar-refractivity contribution in [1.82, 2.24) is 0 Å². The Morgan fingerprint density at radius 3 is 2.64 bits per heavy atom. The molecule has 2 nitrogen and oxygen atoms in total. The Bertz CT molecular complexity index is 336. The number of rotatable bonds is 3. The van der Waals surface area contributed by atoms with Gasteiger partial charge in [0.1, 0.15) is 11.4 Å². The molecule has 1 atom stereocenters. The Balaban J connectivity index is 2.35. The molecule has 0 spiro atoms. The SMILES string of the molecule is Oc1cccc(C(O)(CBr)C2CC2)c1. The molecule has 1 saturated carbocycles. The minimum Gasteiger partial charge on any atom is -0.508 e. The molecule has 1 aromatic rings. The molecule has 0 amide bonds. The zero-order valence-electron chi connectivity index (χ0n) is 7.78. The fourth-order valence-corrected chi connectivity index (χ4v) is 2.54. The summed E-state index contributed by atoms with van der Waals surface area (Å²) in [5.41, 5.74) is -0.00414. The van der Waals surface area contributed by atoms with E-state index in [1.54, 1.807) is 18.2 Å². The first-order valence-electron chi connectivity index (χ1n) is 4.74. The van der Waals surface area contributed by atoms with E-state index in [0.717, 1.165) is 18.4 Å². The summed E-state index contributed by atoms with van der Waals surface area (Å²) >= 11 is 3.34. The molecule has 2 rings (SSSR count). The maximum atomic E-state index is 10.4. The van der Waals surface area contributed by atoms with Crippen LogP contribution in [0.1, 0.15) is 18.4 Å². The Morgan fingerprint density at radius 1 is 1.43 bits per heavy atom. The van der Waals surface area contributed by atoms with Crippen LogP contribution in [0.25, 0.3) is 0 Å². The van der Waals surface area contributed by atoms with Crippen molar-refractivity contribution in [3.8, 4) is 5.75 Å². The van der Waals surface area contributed by atoms with Crippen molar-refractivity contribution in [1.29, 1.82) is 0 Å². The van der Waals surface area contributed by atoms with Gasteiger partial charge in [0.05, 0.1) is 0 Å². The number of aliphatic hydroxyl groups is 1. The second kappa shape index (κ2) is 3.55.